The van der Waals surface area contributed by atoms with Gasteiger partial charge in [-0.05, 0) is 25.8 Å². The molecule has 0 aromatic rings. The molecule has 0 aromatic heterocycles. The molecule has 1 fully saturated rings. The summed E-state index contributed by atoms with van der Waals surface area (Å²) in [5.41, 5.74) is -0.155. The highest BCUT2D eigenvalue weighted by Gasteiger charge is 2.29. The number of rotatable bonds is 5. The molecule has 2 atom stereocenters. The molecule has 1 rings (SSSR count). The van der Waals surface area contributed by atoms with Crippen LogP contribution in [0.25, 0.3) is 0 Å². The average Bonchev–Trinajstić information content (AvgIpc) is 2.49. The first-order valence-corrected chi connectivity index (χ1v) is 6.06. The molecule has 1 heterocycles. The highest BCUT2D eigenvalue weighted by atomic mass is 16.3. The second-order valence-electron chi connectivity index (χ2n) is 5.65. The molecule has 3 nitrogen and oxygen atoms in total. The fourth-order valence-corrected chi connectivity index (χ4v) is 2.50. The number of hydrogen-bond acceptors (Lipinski definition) is 3. The lowest BCUT2D eigenvalue weighted by atomic mass is 10.0. The summed E-state index contributed by atoms with van der Waals surface area (Å²) in [6.45, 7) is 12.2. The Morgan fingerprint density at radius 2 is 2.20 bits per heavy atom. The third-order valence-corrected chi connectivity index (χ3v) is 3.07. The fraction of sp³-hybridized carbons (Fsp3) is 1.00. The smallest absolute Gasteiger partial charge is 0.0623 e. The van der Waals surface area contributed by atoms with E-state index in [2.05, 4.69) is 37.9 Å². The molecule has 90 valence electrons. The van der Waals surface area contributed by atoms with E-state index in [-0.39, 0.29) is 12.1 Å². The summed E-state index contributed by atoms with van der Waals surface area (Å²) in [6.07, 6.45) is 1.29. The predicted octanol–water partition coefficient (Wildman–Crippen LogP) is 1.08. The lowest BCUT2D eigenvalue weighted by Crippen LogP contribution is -2.55. The molecule has 0 saturated carbocycles. The molecule has 3 heteroatoms. The van der Waals surface area contributed by atoms with Gasteiger partial charge in [0.1, 0.15) is 0 Å². The van der Waals surface area contributed by atoms with Gasteiger partial charge in [0.05, 0.1) is 12.1 Å². The van der Waals surface area contributed by atoms with Crippen LogP contribution >= 0.6 is 0 Å². The molecule has 0 aromatic carbocycles. The van der Waals surface area contributed by atoms with E-state index < -0.39 is 0 Å². The maximum atomic E-state index is 9.47. The van der Waals surface area contributed by atoms with Crippen molar-refractivity contribution >= 4 is 0 Å². The van der Waals surface area contributed by atoms with E-state index in [9.17, 15) is 5.11 Å². The van der Waals surface area contributed by atoms with Crippen LogP contribution in [-0.2, 0) is 0 Å². The molecule has 2 N–H and O–H groups in total. The first-order valence-electron chi connectivity index (χ1n) is 6.06. The lowest BCUT2D eigenvalue weighted by molar-refractivity contribution is 0.123. The molecule has 0 aliphatic carbocycles. The van der Waals surface area contributed by atoms with Crippen LogP contribution in [-0.4, -0.2) is 47.8 Å². The highest BCUT2D eigenvalue weighted by Crippen LogP contribution is 2.18. The van der Waals surface area contributed by atoms with Gasteiger partial charge in [0.2, 0.25) is 0 Å². The number of likely N-dealkylation sites (tertiary alicyclic amines) is 1. The number of aliphatic hydroxyl groups is 1. The largest absolute Gasteiger partial charge is 0.394 e. The maximum absolute atomic E-state index is 9.47. The Balaban J connectivity index is 2.44. The van der Waals surface area contributed by atoms with E-state index in [1.54, 1.807) is 0 Å². The molecule has 15 heavy (non-hydrogen) atoms. The van der Waals surface area contributed by atoms with Crippen molar-refractivity contribution in [3.63, 3.8) is 0 Å². The SMILES string of the molecule is CC1CCN(CC(C)(CO)NC(C)C)C1. The van der Waals surface area contributed by atoms with Crippen LogP contribution in [0.2, 0.25) is 0 Å². The van der Waals surface area contributed by atoms with E-state index in [1.807, 2.05) is 0 Å². The summed E-state index contributed by atoms with van der Waals surface area (Å²) in [4.78, 5) is 2.45. The Morgan fingerprint density at radius 1 is 1.53 bits per heavy atom. The predicted molar refractivity (Wildman–Crippen MR) is 64.0 cm³/mol. The standard InChI is InChI=1S/C12H26N2O/c1-10(2)13-12(4,9-15)8-14-6-5-11(3)7-14/h10-11,13,15H,5-9H2,1-4H3. The van der Waals surface area contributed by atoms with E-state index in [0.717, 1.165) is 12.5 Å². The zero-order valence-corrected chi connectivity index (χ0v) is 10.6. The summed E-state index contributed by atoms with van der Waals surface area (Å²) in [7, 11) is 0. The van der Waals surface area contributed by atoms with E-state index in [4.69, 9.17) is 0 Å². The Morgan fingerprint density at radius 3 is 2.60 bits per heavy atom. The summed E-state index contributed by atoms with van der Waals surface area (Å²) < 4.78 is 0. The van der Waals surface area contributed by atoms with Gasteiger partial charge in [0, 0.05) is 19.1 Å². The van der Waals surface area contributed by atoms with Gasteiger partial charge in [-0.1, -0.05) is 20.8 Å². The Kier molecular flexibility index (Phi) is 4.56. The topological polar surface area (TPSA) is 35.5 Å². The molecule has 0 spiro atoms. The quantitative estimate of drug-likeness (QED) is 0.719. The van der Waals surface area contributed by atoms with Crippen LogP contribution < -0.4 is 5.32 Å². The van der Waals surface area contributed by atoms with Crippen molar-refractivity contribution in [3.8, 4) is 0 Å². The van der Waals surface area contributed by atoms with Gasteiger partial charge in [-0.25, -0.2) is 0 Å². The van der Waals surface area contributed by atoms with Crippen LogP contribution in [0.4, 0.5) is 0 Å². The summed E-state index contributed by atoms with van der Waals surface area (Å²) in [5, 5.41) is 12.9. The second kappa shape index (κ2) is 5.28. The summed E-state index contributed by atoms with van der Waals surface area (Å²) in [6, 6.07) is 0.419. The third-order valence-electron chi connectivity index (χ3n) is 3.07. The average molecular weight is 214 g/mol. The van der Waals surface area contributed by atoms with Crippen molar-refractivity contribution in [1.82, 2.24) is 10.2 Å². The molecule has 0 amide bonds. The van der Waals surface area contributed by atoms with Crippen LogP contribution in [0.15, 0.2) is 0 Å². The second-order valence-corrected chi connectivity index (χ2v) is 5.65. The fourth-order valence-electron chi connectivity index (χ4n) is 2.50. The van der Waals surface area contributed by atoms with E-state index in [1.165, 1.54) is 19.5 Å². The molecule has 1 saturated heterocycles. The highest BCUT2D eigenvalue weighted by molar-refractivity contribution is 4.89. The minimum absolute atomic E-state index is 0.155. The number of aliphatic hydroxyl groups excluding tert-OH is 1. The molecule has 1 aliphatic heterocycles. The minimum Gasteiger partial charge on any atom is -0.394 e. The first-order chi connectivity index (χ1) is 6.95. The van der Waals surface area contributed by atoms with Gasteiger partial charge in [-0.3, -0.25) is 0 Å². The zero-order chi connectivity index (χ0) is 11.5. The van der Waals surface area contributed by atoms with Gasteiger partial charge < -0.3 is 15.3 Å². The van der Waals surface area contributed by atoms with Crippen molar-refractivity contribution < 1.29 is 5.11 Å². The number of nitrogens with zero attached hydrogens (tertiary/aromatic N) is 1. The Hall–Kier alpha value is -0.120. The van der Waals surface area contributed by atoms with Crippen LogP contribution in [0.5, 0.6) is 0 Å². The number of nitrogens with one attached hydrogen (secondary N) is 1. The van der Waals surface area contributed by atoms with Crippen molar-refractivity contribution in [3.05, 3.63) is 0 Å². The van der Waals surface area contributed by atoms with Crippen LogP contribution in [0.1, 0.15) is 34.1 Å². The van der Waals surface area contributed by atoms with E-state index in [0.29, 0.717) is 6.04 Å². The van der Waals surface area contributed by atoms with Crippen LogP contribution in [0, 0.1) is 5.92 Å². The molecular formula is C12H26N2O. The van der Waals surface area contributed by atoms with Gasteiger partial charge in [-0.15, -0.1) is 0 Å². The molecule has 0 bridgehead atoms. The van der Waals surface area contributed by atoms with Crippen molar-refractivity contribution in [1.29, 1.82) is 0 Å². The number of hydrogen-bond donors (Lipinski definition) is 2. The van der Waals surface area contributed by atoms with Crippen molar-refractivity contribution in [2.75, 3.05) is 26.2 Å². The Labute approximate surface area is 93.9 Å². The normalized spacial score (nSPS) is 27.2. The molecule has 2 unspecified atom stereocenters. The lowest BCUT2D eigenvalue weighted by Gasteiger charge is -2.35. The minimum atomic E-state index is -0.155. The summed E-state index contributed by atoms with van der Waals surface area (Å²) in [5.74, 6) is 0.812. The molecule has 0 radical (unpaired) electrons. The Bertz CT molecular complexity index is 196. The third kappa shape index (κ3) is 4.09. The monoisotopic (exact) mass is 214 g/mol. The zero-order valence-electron chi connectivity index (χ0n) is 10.6. The van der Waals surface area contributed by atoms with Crippen molar-refractivity contribution in [2.45, 2.75) is 45.7 Å². The van der Waals surface area contributed by atoms with E-state index >= 15 is 0 Å². The van der Waals surface area contributed by atoms with Crippen LogP contribution in [0.3, 0.4) is 0 Å². The van der Waals surface area contributed by atoms with Gasteiger partial charge in [-0.2, -0.15) is 0 Å². The van der Waals surface area contributed by atoms with Gasteiger partial charge in [0.15, 0.2) is 0 Å². The van der Waals surface area contributed by atoms with Gasteiger partial charge >= 0.3 is 0 Å². The molecular weight excluding hydrogens is 188 g/mol. The molecule has 1 aliphatic rings. The summed E-state index contributed by atoms with van der Waals surface area (Å²) >= 11 is 0. The maximum Gasteiger partial charge on any atom is 0.0623 e. The van der Waals surface area contributed by atoms with Gasteiger partial charge in [0.25, 0.3) is 0 Å². The first kappa shape index (κ1) is 12.9. The van der Waals surface area contributed by atoms with Crippen molar-refractivity contribution in [2.24, 2.45) is 5.92 Å².